The van der Waals surface area contributed by atoms with Crippen molar-refractivity contribution in [2.45, 2.75) is 25.9 Å². The number of aliphatic hydroxyl groups excluding tert-OH is 1. The van der Waals surface area contributed by atoms with Crippen LogP contribution in [0.4, 0.5) is 0 Å². The van der Waals surface area contributed by atoms with Gasteiger partial charge < -0.3 is 10.4 Å². The van der Waals surface area contributed by atoms with Gasteiger partial charge in [0.15, 0.2) is 0 Å². The molecule has 2 aromatic rings. The molecule has 0 spiro atoms. The second-order valence-corrected chi connectivity index (χ2v) is 5.50. The summed E-state index contributed by atoms with van der Waals surface area (Å²) >= 11 is 1.84. The summed E-state index contributed by atoms with van der Waals surface area (Å²) in [6.07, 6.45) is 1.09. The average Bonchev–Trinajstić information content (AvgIpc) is 2.89. The maximum Gasteiger partial charge on any atom is 0.0626 e. The van der Waals surface area contributed by atoms with Crippen LogP contribution in [0, 0.1) is 0 Å². The number of thiophene rings is 1. The summed E-state index contributed by atoms with van der Waals surface area (Å²) in [4.78, 5) is 2.73. The van der Waals surface area contributed by atoms with E-state index >= 15 is 0 Å². The third kappa shape index (κ3) is 3.42. The Hall–Kier alpha value is -1.16. The predicted molar refractivity (Wildman–Crippen MR) is 76.8 cm³/mol. The molecule has 2 rings (SSSR count). The van der Waals surface area contributed by atoms with E-state index in [0.717, 1.165) is 18.5 Å². The van der Waals surface area contributed by atoms with Gasteiger partial charge in [-0.25, -0.2) is 0 Å². The lowest BCUT2D eigenvalue weighted by molar-refractivity contribution is 0.244. The summed E-state index contributed by atoms with van der Waals surface area (Å²) in [5, 5.41) is 12.8. The lowest BCUT2D eigenvalue weighted by Crippen LogP contribution is -2.23. The Kier molecular flexibility index (Phi) is 4.93. The smallest absolute Gasteiger partial charge is 0.0626 e. The van der Waals surface area contributed by atoms with Gasteiger partial charge in [-0.05, 0) is 24.1 Å². The maximum atomic E-state index is 9.45. The number of hydrogen-bond acceptors (Lipinski definition) is 3. The molecule has 0 unspecified atom stereocenters. The Morgan fingerprint density at radius 2 is 1.83 bits per heavy atom. The molecular weight excluding hydrogens is 242 g/mol. The SMILES string of the molecule is CCc1ccc(CN[C@@H](CO)c2ccccc2)s1. The minimum Gasteiger partial charge on any atom is -0.394 e. The van der Waals surface area contributed by atoms with Crippen LogP contribution in [0.25, 0.3) is 0 Å². The first-order valence-corrected chi connectivity index (χ1v) is 7.12. The van der Waals surface area contributed by atoms with E-state index in [1.165, 1.54) is 9.75 Å². The van der Waals surface area contributed by atoms with Crippen molar-refractivity contribution >= 4 is 11.3 Å². The molecule has 1 aromatic heterocycles. The molecule has 3 heteroatoms. The number of rotatable bonds is 6. The van der Waals surface area contributed by atoms with E-state index in [-0.39, 0.29) is 12.6 Å². The lowest BCUT2D eigenvalue weighted by Gasteiger charge is -2.16. The van der Waals surface area contributed by atoms with E-state index < -0.39 is 0 Å². The molecule has 2 nitrogen and oxygen atoms in total. The molecule has 0 aliphatic carbocycles. The van der Waals surface area contributed by atoms with Crippen LogP contribution in [0.15, 0.2) is 42.5 Å². The highest BCUT2D eigenvalue weighted by molar-refractivity contribution is 7.11. The van der Waals surface area contributed by atoms with Crippen LogP contribution in [0.1, 0.15) is 28.3 Å². The summed E-state index contributed by atoms with van der Waals surface area (Å²) in [6, 6.07) is 14.4. The zero-order chi connectivity index (χ0) is 12.8. The Morgan fingerprint density at radius 1 is 1.11 bits per heavy atom. The zero-order valence-electron chi connectivity index (χ0n) is 10.6. The second kappa shape index (κ2) is 6.69. The number of hydrogen-bond donors (Lipinski definition) is 2. The Morgan fingerprint density at radius 3 is 2.44 bits per heavy atom. The van der Waals surface area contributed by atoms with Gasteiger partial charge in [0.2, 0.25) is 0 Å². The van der Waals surface area contributed by atoms with E-state index in [4.69, 9.17) is 0 Å². The van der Waals surface area contributed by atoms with E-state index in [1.54, 1.807) is 0 Å². The highest BCUT2D eigenvalue weighted by atomic mass is 32.1. The van der Waals surface area contributed by atoms with Crippen molar-refractivity contribution < 1.29 is 5.11 Å². The van der Waals surface area contributed by atoms with Crippen molar-refractivity contribution in [2.24, 2.45) is 0 Å². The average molecular weight is 261 g/mol. The molecule has 0 aliphatic rings. The standard InChI is InChI=1S/C15H19NOS/c1-2-13-8-9-14(18-13)10-16-15(11-17)12-6-4-3-5-7-12/h3-9,15-17H,2,10-11H2,1H3/t15-/m0/s1. The van der Waals surface area contributed by atoms with Gasteiger partial charge >= 0.3 is 0 Å². The highest BCUT2D eigenvalue weighted by Gasteiger charge is 2.09. The summed E-state index contributed by atoms with van der Waals surface area (Å²) in [6.45, 7) is 3.10. The van der Waals surface area contributed by atoms with Crippen LogP contribution in [0.3, 0.4) is 0 Å². The van der Waals surface area contributed by atoms with Gasteiger partial charge in [0.1, 0.15) is 0 Å². The fourth-order valence-electron chi connectivity index (χ4n) is 1.90. The van der Waals surface area contributed by atoms with Crippen molar-refractivity contribution in [3.8, 4) is 0 Å². The number of benzene rings is 1. The first-order valence-electron chi connectivity index (χ1n) is 6.30. The fraction of sp³-hybridized carbons (Fsp3) is 0.333. The van der Waals surface area contributed by atoms with Crippen molar-refractivity contribution in [3.63, 3.8) is 0 Å². The van der Waals surface area contributed by atoms with Gasteiger partial charge in [-0.2, -0.15) is 0 Å². The van der Waals surface area contributed by atoms with Gasteiger partial charge in [0, 0.05) is 16.3 Å². The molecule has 96 valence electrons. The van der Waals surface area contributed by atoms with Gasteiger partial charge in [-0.1, -0.05) is 37.3 Å². The molecule has 18 heavy (non-hydrogen) atoms. The van der Waals surface area contributed by atoms with Crippen LogP contribution in [0.5, 0.6) is 0 Å². The maximum absolute atomic E-state index is 9.45. The molecular formula is C15H19NOS. The minimum atomic E-state index is 0.0124. The van der Waals surface area contributed by atoms with Crippen LogP contribution < -0.4 is 5.32 Å². The number of nitrogens with one attached hydrogen (secondary N) is 1. The van der Waals surface area contributed by atoms with Crippen molar-refractivity contribution in [1.29, 1.82) is 0 Å². The van der Waals surface area contributed by atoms with Gasteiger partial charge in [-0.15, -0.1) is 11.3 Å². The summed E-state index contributed by atoms with van der Waals surface area (Å²) in [7, 11) is 0. The van der Waals surface area contributed by atoms with Crippen molar-refractivity contribution in [1.82, 2.24) is 5.32 Å². The van der Waals surface area contributed by atoms with Gasteiger partial charge in [-0.3, -0.25) is 0 Å². The van der Waals surface area contributed by atoms with Crippen LogP contribution in [-0.4, -0.2) is 11.7 Å². The summed E-state index contributed by atoms with van der Waals surface area (Å²) in [5.41, 5.74) is 1.13. The largest absolute Gasteiger partial charge is 0.394 e. The lowest BCUT2D eigenvalue weighted by atomic mass is 10.1. The van der Waals surface area contributed by atoms with Crippen LogP contribution in [-0.2, 0) is 13.0 Å². The number of aryl methyl sites for hydroxylation is 1. The molecule has 0 radical (unpaired) electrons. The molecule has 1 aromatic carbocycles. The van der Waals surface area contributed by atoms with Crippen molar-refractivity contribution in [3.05, 3.63) is 57.8 Å². The van der Waals surface area contributed by atoms with Gasteiger partial charge in [0.25, 0.3) is 0 Å². The monoisotopic (exact) mass is 261 g/mol. The number of aliphatic hydroxyl groups is 1. The Labute approximate surface area is 112 Å². The molecule has 0 amide bonds. The highest BCUT2D eigenvalue weighted by Crippen LogP contribution is 2.18. The van der Waals surface area contributed by atoms with E-state index in [0.29, 0.717) is 0 Å². The fourth-order valence-corrected chi connectivity index (χ4v) is 2.81. The van der Waals surface area contributed by atoms with Crippen LogP contribution in [0.2, 0.25) is 0 Å². The molecule has 0 aliphatic heterocycles. The quantitative estimate of drug-likeness (QED) is 0.837. The molecule has 0 saturated heterocycles. The minimum absolute atomic E-state index is 0.0124. The third-order valence-corrected chi connectivity index (χ3v) is 4.20. The van der Waals surface area contributed by atoms with E-state index in [9.17, 15) is 5.11 Å². The summed E-state index contributed by atoms with van der Waals surface area (Å²) < 4.78 is 0. The zero-order valence-corrected chi connectivity index (χ0v) is 11.4. The first kappa shape index (κ1) is 13.3. The first-order chi connectivity index (χ1) is 8.83. The third-order valence-electron chi connectivity index (χ3n) is 2.97. The molecule has 1 heterocycles. The molecule has 0 saturated carbocycles. The molecule has 2 N–H and O–H groups in total. The van der Waals surface area contributed by atoms with Crippen molar-refractivity contribution in [2.75, 3.05) is 6.61 Å². The molecule has 0 bridgehead atoms. The molecule has 1 atom stereocenters. The molecule has 0 fully saturated rings. The Balaban J connectivity index is 1.95. The topological polar surface area (TPSA) is 32.3 Å². The van der Waals surface area contributed by atoms with E-state index in [2.05, 4.69) is 24.4 Å². The van der Waals surface area contributed by atoms with Gasteiger partial charge in [0.05, 0.1) is 12.6 Å². The van der Waals surface area contributed by atoms with E-state index in [1.807, 2.05) is 41.7 Å². The predicted octanol–water partition coefficient (Wildman–Crippen LogP) is 3.13. The van der Waals surface area contributed by atoms with Crippen LogP contribution >= 0.6 is 11.3 Å². The normalized spacial score (nSPS) is 12.6. The Bertz CT molecular complexity index is 466. The second-order valence-electron chi connectivity index (χ2n) is 4.25. The summed E-state index contributed by atoms with van der Waals surface area (Å²) in [5.74, 6) is 0.